The largest absolute Gasteiger partial charge is 0.356 e. The van der Waals surface area contributed by atoms with Crippen LogP contribution in [-0.2, 0) is 4.79 Å². The number of unbranched alkanes of at least 4 members (excludes halogenated alkanes) is 5. The molecule has 0 saturated carbocycles. The predicted octanol–water partition coefficient (Wildman–Crippen LogP) is 3.86. The number of carbonyl (C=O) groups is 1. The summed E-state index contributed by atoms with van der Waals surface area (Å²) in [5, 5.41) is 3.04. The summed E-state index contributed by atoms with van der Waals surface area (Å²) in [6, 6.07) is 0. The zero-order valence-electron chi connectivity index (χ0n) is 13.9. The van der Waals surface area contributed by atoms with E-state index in [0.717, 1.165) is 32.4 Å². The highest BCUT2D eigenvalue weighted by atomic mass is 16.1. The molecule has 0 rings (SSSR count). The summed E-state index contributed by atoms with van der Waals surface area (Å²) in [5.74, 6) is 1.41. The first-order valence-corrected chi connectivity index (χ1v) is 8.58. The van der Waals surface area contributed by atoms with Gasteiger partial charge in [0.2, 0.25) is 5.91 Å². The van der Waals surface area contributed by atoms with E-state index in [1.165, 1.54) is 32.1 Å². The van der Waals surface area contributed by atoms with Crippen LogP contribution in [0.4, 0.5) is 0 Å². The van der Waals surface area contributed by atoms with Crippen LogP contribution in [0, 0.1) is 11.8 Å². The molecule has 1 unspecified atom stereocenters. The van der Waals surface area contributed by atoms with Crippen LogP contribution in [0.1, 0.15) is 78.6 Å². The molecule has 0 bridgehead atoms. The third-order valence-electron chi connectivity index (χ3n) is 4.07. The molecule has 0 radical (unpaired) electrons. The van der Waals surface area contributed by atoms with Crippen molar-refractivity contribution in [3.05, 3.63) is 0 Å². The van der Waals surface area contributed by atoms with Gasteiger partial charge in [0.1, 0.15) is 0 Å². The van der Waals surface area contributed by atoms with Crippen LogP contribution in [0.3, 0.4) is 0 Å². The van der Waals surface area contributed by atoms with Crippen LogP contribution >= 0.6 is 0 Å². The minimum atomic E-state index is 0.209. The van der Waals surface area contributed by atoms with Crippen LogP contribution in [-0.4, -0.2) is 19.0 Å². The lowest BCUT2D eigenvalue weighted by Crippen LogP contribution is -2.25. The van der Waals surface area contributed by atoms with Crippen LogP contribution < -0.4 is 11.1 Å². The van der Waals surface area contributed by atoms with Gasteiger partial charge in [0.15, 0.2) is 0 Å². The number of nitrogens with two attached hydrogens (primary N) is 1. The molecule has 0 aliphatic heterocycles. The Balaban J connectivity index is 3.53. The maximum Gasteiger partial charge on any atom is 0.220 e. The highest BCUT2D eigenvalue weighted by molar-refractivity contribution is 5.75. The minimum absolute atomic E-state index is 0.209. The molecule has 0 aliphatic rings. The second-order valence-corrected chi connectivity index (χ2v) is 6.24. The van der Waals surface area contributed by atoms with Gasteiger partial charge in [-0.15, -0.1) is 0 Å². The molecule has 0 saturated heterocycles. The van der Waals surface area contributed by atoms with Crippen LogP contribution in [0.15, 0.2) is 0 Å². The third-order valence-corrected chi connectivity index (χ3v) is 4.07. The van der Waals surface area contributed by atoms with Gasteiger partial charge < -0.3 is 11.1 Å². The fourth-order valence-corrected chi connectivity index (χ4v) is 2.56. The Morgan fingerprint density at radius 3 is 2.30 bits per heavy atom. The number of amides is 1. The van der Waals surface area contributed by atoms with Crippen molar-refractivity contribution in [1.82, 2.24) is 5.32 Å². The van der Waals surface area contributed by atoms with E-state index >= 15 is 0 Å². The lowest BCUT2D eigenvalue weighted by Gasteiger charge is -2.19. The summed E-state index contributed by atoms with van der Waals surface area (Å²) < 4.78 is 0. The molecule has 0 aromatic carbocycles. The Labute approximate surface area is 126 Å². The average Bonchev–Trinajstić information content (AvgIpc) is 2.42. The maximum absolute atomic E-state index is 11.8. The molecular formula is C17H36N2O. The first kappa shape index (κ1) is 19.4. The molecule has 0 aromatic heterocycles. The molecule has 3 nitrogen and oxygen atoms in total. The van der Waals surface area contributed by atoms with Crippen molar-refractivity contribution in [3.8, 4) is 0 Å². The standard InChI is InChI=1S/C17H36N2O/c1-4-5-6-7-8-9-14-19-17(20)11-10-16(12-13-18)15(2)3/h15-16H,4-14,18H2,1-3H3,(H,19,20). The molecule has 0 spiro atoms. The van der Waals surface area contributed by atoms with E-state index in [0.29, 0.717) is 18.3 Å². The lowest BCUT2D eigenvalue weighted by atomic mass is 9.88. The summed E-state index contributed by atoms with van der Waals surface area (Å²) in [4.78, 5) is 11.8. The summed E-state index contributed by atoms with van der Waals surface area (Å²) in [7, 11) is 0. The SMILES string of the molecule is CCCCCCCCNC(=O)CCC(CCN)C(C)C. The van der Waals surface area contributed by atoms with Crippen molar-refractivity contribution >= 4 is 5.91 Å². The molecule has 0 heterocycles. The van der Waals surface area contributed by atoms with E-state index in [9.17, 15) is 4.79 Å². The molecule has 1 atom stereocenters. The average molecular weight is 284 g/mol. The van der Waals surface area contributed by atoms with Gasteiger partial charge in [-0.05, 0) is 37.6 Å². The van der Waals surface area contributed by atoms with Crippen molar-refractivity contribution < 1.29 is 4.79 Å². The second kappa shape index (κ2) is 13.4. The number of carbonyl (C=O) groups excluding carboxylic acids is 1. The molecule has 0 fully saturated rings. The Bertz CT molecular complexity index is 229. The van der Waals surface area contributed by atoms with E-state index in [1.54, 1.807) is 0 Å². The van der Waals surface area contributed by atoms with Gasteiger partial charge in [0, 0.05) is 13.0 Å². The van der Waals surface area contributed by atoms with Crippen molar-refractivity contribution in [2.45, 2.75) is 78.6 Å². The number of nitrogens with one attached hydrogen (secondary N) is 1. The summed E-state index contributed by atoms with van der Waals surface area (Å²) in [5.41, 5.74) is 5.62. The van der Waals surface area contributed by atoms with Crippen LogP contribution in [0.5, 0.6) is 0 Å². The van der Waals surface area contributed by atoms with E-state index in [2.05, 4.69) is 26.1 Å². The lowest BCUT2D eigenvalue weighted by molar-refractivity contribution is -0.121. The quantitative estimate of drug-likeness (QED) is 0.504. The smallest absolute Gasteiger partial charge is 0.220 e. The summed E-state index contributed by atoms with van der Waals surface area (Å²) in [6.45, 7) is 8.23. The van der Waals surface area contributed by atoms with Crippen molar-refractivity contribution in [3.63, 3.8) is 0 Å². The summed E-state index contributed by atoms with van der Waals surface area (Å²) in [6.07, 6.45) is 10.3. The van der Waals surface area contributed by atoms with Gasteiger partial charge in [0.25, 0.3) is 0 Å². The van der Waals surface area contributed by atoms with Gasteiger partial charge in [-0.1, -0.05) is 52.9 Å². The maximum atomic E-state index is 11.8. The molecule has 0 aromatic rings. The second-order valence-electron chi connectivity index (χ2n) is 6.24. The monoisotopic (exact) mass is 284 g/mol. The molecule has 3 heteroatoms. The van der Waals surface area contributed by atoms with Crippen LogP contribution in [0.25, 0.3) is 0 Å². The summed E-state index contributed by atoms with van der Waals surface area (Å²) >= 11 is 0. The normalized spacial score (nSPS) is 12.7. The topological polar surface area (TPSA) is 55.1 Å². The molecular weight excluding hydrogens is 248 g/mol. The van der Waals surface area contributed by atoms with Gasteiger partial charge in [0.05, 0.1) is 0 Å². The number of hydrogen-bond acceptors (Lipinski definition) is 2. The Hall–Kier alpha value is -0.570. The zero-order chi connectivity index (χ0) is 15.2. The van der Waals surface area contributed by atoms with Crippen molar-refractivity contribution in [1.29, 1.82) is 0 Å². The molecule has 20 heavy (non-hydrogen) atoms. The zero-order valence-corrected chi connectivity index (χ0v) is 13.9. The molecule has 0 aliphatic carbocycles. The highest BCUT2D eigenvalue weighted by Gasteiger charge is 2.14. The molecule has 3 N–H and O–H groups in total. The first-order valence-electron chi connectivity index (χ1n) is 8.58. The minimum Gasteiger partial charge on any atom is -0.356 e. The first-order chi connectivity index (χ1) is 9.61. The fourth-order valence-electron chi connectivity index (χ4n) is 2.56. The van der Waals surface area contributed by atoms with E-state index in [4.69, 9.17) is 5.73 Å². The van der Waals surface area contributed by atoms with Crippen molar-refractivity contribution in [2.75, 3.05) is 13.1 Å². The molecule has 1 amide bonds. The Morgan fingerprint density at radius 1 is 1.05 bits per heavy atom. The van der Waals surface area contributed by atoms with Gasteiger partial charge in [-0.2, -0.15) is 0 Å². The van der Waals surface area contributed by atoms with Gasteiger partial charge >= 0.3 is 0 Å². The third kappa shape index (κ3) is 11.3. The number of rotatable bonds is 13. The predicted molar refractivity (Wildman–Crippen MR) is 87.6 cm³/mol. The fraction of sp³-hybridized carbons (Fsp3) is 0.941. The van der Waals surface area contributed by atoms with E-state index < -0.39 is 0 Å². The van der Waals surface area contributed by atoms with Gasteiger partial charge in [-0.25, -0.2) is 0 Å². The van der Waals surface area contributed by atoms with Crippen LogP contribution in [0.2, 0.25) is 0 Å². The van der Waals surface area contributed by atoms with Gasteiger partial charge in [-0.3, -0.25) is 4.79 Å². The molecule has 120 valence electrons. The van der Waals surface area contributed by atoms with E-state index in [-0.39, 0.29) is 5.91 Å². The number of hydrogen-bond donors (Lipinski definition) is 2. The Morgan fingerprint density at radius 2 is 1.70 bits per heavy atom. The van der Waals surface area contributed by atoms with E-state index in [1.807, 2.05) is 0 Å². The Kier molecular flexibility index (Phi) is 13.0. The highest BCUT2D eigenvalue weighted by Crippen LogP contribution is 2.20. The van der Waals surface area contributed by atoms with Crippen molar-refractivity contribution in [2.24, 2.45) is 17.6 Å².